The lowest BCUT2D eigenvalue weighted by atomic mass is 10.2. The summed E-state index contributed by atoms with van der Waals surface area (Å²) in [6.45, 7) is 17.5. The van der Waals surface area contributed by atoms with Crippen molar-refractivity contribution >= 4 is 0 Å². The van der Waals surface area contributed by atoms with Gasteiger partial charge in [-0.25, -0.2) is 0 Å². The molecule has 0 aliphatic rings. The zero-order chi connectivity index (χ0) is 14.6. The predicted octanol–water partition coefficient (Wildman–Crippen LogP) is 7.58. The van der Waals surface area contributed by atoms with E-state index in [-0.39, 0.29) is 7.43 Å². The van der Waals surface area contributed by atoms with Gasteiger partial charge >= 0.3 is 0 Å². The van der Waals surface area contributed by atoms with Gasteiger partial charge in [-0.1, -0.05) is 78.7 Å². The first-order valence-electron chi connectivity index (χ1n) is 7.45. The van der Waals surface area contributed by atoms with Crippen LogP contribution in [0.2, 0.25) is 0 Å². The molecular formula is C19H40. The van der Waals surface area contributed by atoms with Gasteiger partial charge in [0.25, 0.3) is 0 Å². The summed E-state index contributed by atoms with van der Waals surface area (Å²) < 4.78 is 0. The molecule has 0 aliphatic heterocycles. The van der Waals surface area contributed by atoms with Gasteiger partial charge < -0.3 is 0 Å². The summed E-state index contributed by atoms with van der Waals surface area (Å²) in [4.78, 5) is 0. The predicted molar refractivity (Wildman–Crippen MR) is 95.8 cm³/mol. The third-order valence-electron chi connectivity index (χ3n) is 2.07. The monoisotopic (exact) mass is 268 g/mol. The minimum atomic E-state index is 0. The second kappa shape index (κ2) is 30.3. The summed E-state index contributed by atoms with van der Waals surface area (Å²) in [5.41, 5.74) is 0. The van der Waals surface area contributed by atoms with Crippen molar-refractivity contribution in [1.82, 2.24) is 0 Å². The highest BCUT2D eigenvalue weighted by Gasteiger charge is 1.80. The Hall–Kier alpha value is -0.780. The summed E-state index contributed by atoms with van der Waals surface area (Å²) in [5, 5.41) is 0. The van der Waals surface area contributed by atoms with E-state index >= 15 is 0 Å². The lowest BCUT2D eigenvalue weighted by molar-refractivity contribution is 0.727. The normalized spacial score (nSPS) is 8.74. The van der Waals surface area contributed by atoms with Crippen molar-refractivity contribution < 1.29 is 0 Å². The first-order valence-corrected chi connectivity index (χ1v) is 7.45. The molecule has 0 radical (unpaired) electrons. The molecule has 0 unspecified atom stereocenters. The number of rotatable bonds is 7. The Labute approximate surface area is 124 Å². The molecule has 0 N–H and O–H groups in total. The summed E-state index contributed by atoms with van der Waals surface area (Å²) in [7, 11) is 0. The minimum absolute atomic E-state index is 0. The van der Waals surface area contributed by atoms with Gasteiger partial charge in [-0.05, 0) is 32.1 Å². The molecule has 0 aromatic rings. The van der Waals surface area contributed by atoms with Gasteiger partial charge in [0.1, 0.15) is 0 Å². The van der Waals surface area contributed by atoms with Crippen molar-refractivity contribution in [3.05, 3.63) is 37.5 Å². The standard InChI is InChI=1S/C10H20.C5H10.C3H6.CH4/c1-3-5-7-9-10-8-6-4-2;1-4-5(2)3;1-3-2;/h7,9H,3-6,8,10H2,1-2H3;4-5H,1H2,2-3H3;3H,1H2,2H3;1H4/b9-7-;;;. The average molecular weight is 269 g/mol. The van der Waals surface area contributed by atoms with Crippen LogP contribution in [0.25, 0.3) is 0 Å². The molecule has 116 valence electrons. The molecule has 0 bridgehead atoms. The van der Waals surface area contributed by atoms with Crippen LogP contribution in [0, 0.1) is 5.92 Å². The van der Waals surface area contributed by atoms with E-state index in [1.54, 1.807) is 6.08 Å². The molecule has 0 rings (SSSR count). The molecule has 0 aliphatic carbocycles. The summed E-state index contributed by atoms with van der Waals surface area (Å²) in [6.07, 6.45) is 16.2. The van der Waals surface area contributed by atoms with E-state index in [1.807, 2.05) is 13.0 Å². The van der Waals surface area contributed by atoms with Gasteiger partial charge in [0.05, 0.1) is 0 Å². The first-order chi connectivity index (χ1) is 8.60. The molecule has 0 aromatic heterocycles. The number of unbranched alkanes of at least 4 members (excludes halogenated alkanes) is 4. The van der Waals surface area contributed by atoms with Crippen LogP contribution in [-0.2, 0) is 0 Å². The SMILES string of the molecule is C.C=CC.C=CC(C)C.CCC/C=C\CCCCC. The van der Waals surface area contributed by atoms with Crippen molar-refractivity contribution in [1.29, 1.82) is 0 Å². The van der Waals surface area contributed by atoms with E-state index in [0.29, 0.717) is 5.92 Å². The van der Waals surface area contributed by atoms with Crippen LogP contribution in [0.1, 0.15) is 80.6 Å². The van der Waals surface area contributed by atoms with Crippen molar-refractivity contribution in [2.45, 2.75) is 80.6 Å². The fraction of sp³-hybridized carbons (Fsp3) is 0.684. The maximum atomic E-state index is 3.56. The molecule has 0 heteroatoms. The molecule has 0 atom stereocenters. The van der Waals surface area contributed by atoms with Gasteiger partial charge in [-0.2, -0.15) is 0 Å². The molecule has 0 fully saturated rings. The molecular weight excluding hydrogens is 228 g/mol. The molecule has 0 amide bonds. The molecule has 0 saturated carbocycles. The second-order valence-electron chi connectivity index (χ2n) is 4.64. The van der Waals surface area contributed by atoms with E-state index in [1.165, 1.54) is 38.5 Å². The second-order valence-corrected chi connectivity index (χ2v) is 4.64. The number of allylic oxidation sites excluding steroid dienone is 4. The Kier molecular flexibility index (Phi) is 42.7. The van der Waals surface area contributed by atoms with E-state index < -0.39 is 0 Å². The largest absolute Gasteiger partial charge is 0.103 e. The van der Waals surface area contributed by atoms with Crippen molar-refractivity contribution in [3.63, 3.8) is 0 Å². The quantitative estimate of drug-likeness (QED) is 0.330. The molecule has 0 aromatic carbocycles. The van der Waals surface area contributed by atoms with Crippen LogP contribution in [0.15, 0.2) is 37.5 Å². The van der Waals surface area contributed by atoms with E-state index in [2.05, 4.69) is 53.0 Å². The molecule has 0 heterocycles. The van der Waals surface area contributed by atoms with Crippen LogP contribution in [0.5, 0.6) is 0 Å². The van der Waals surface area contributed by atoms with Crippen LogP contribution in [0.3, 0.4) is 0 Å². The van der Waals surface area contributed by atoms with Gasteiger partial charge in [0.15, 0.2) is 0 Å². The van der Waals surface area contributed by atoms with E-state index in [9.17, 15) is 0 Å². The summed E-state index contributed by atoms with van der Waals surface area (Å²) in [5.74, 6) is 0.648. The molecule has 0 spiro atoms. The van der Waals surface area contributed by atoms with Gasteiger partial charge in [-0.3, -0.25) is 0 Å². The Morgan fingerprint density at radius 3 is 1.63 bits per heavy atom. The van der Waals surface area contributed by atoms with E-state index in [4.69, 9.17) is 0 Å². The molecule has 0 saturated heterocycles. The molecule has 19 heavy (non-hydrogen) atoms. The van der Waals surface area contributed by atoms with Crippen molar-refractivity contribution in [2.75, 3.05) is 0 Å². The highest BCUT2D eigenvalue weighted by Crippen LogP contribution is 2.00. The Bertz CT molecular complexity index is 163. The minimum Gasteiger partial charge on any atom is -0.103 e. The zero-order valence-corrected chi connectivity index (χ0v) is 13.5. The topological polar surface area (TPSA) is 0 Å². The van der Waals surface area contributed by atoms with Gasteiger partial charge in [-0.15, -0.1) is 13.2 Å². The highest BCUT2D eigenvalue weighted by atomic mass is 13.9. The Balaban J connectivity index is -0.000000106. The Morgan fingerprint density at radius 1 is 0.895 bits per heavy atom. The third-order valence-corrected chi connectivity index (χ3v) is 2.07. The van der Waals surface area contributed by atoms with Crippen molar-refractivity contribution in [2.24, 2.45) is 5.92 Å². The van der Waals surface area contributed by atoms with Gasteiger partial charge in [0.2, 0.25) is 0 Å². The fourth-order valence-corrected chi connectivity index (χ4v) is 0.915. The average Bonchev–Trinajstić information content (AvgIpc) is 2.35. The first kappa shape index (κ1) is 26.7. The lowest BCUT2D eigenvalue weighted by Crippen LogP contribution is -1.71. The van der Waals surface area contributed by atoms with Crippen LogP contribution in [0.4, 0.5) is 0 Å². The third kappa shape index (κ3) is 59.0. The maximum Gasteiger partial charge on any atom is -0.0293 e. The zero-order valence-electron chi connectivity index (χ0n) is 13.5. The van der Waals surface area contributed by atoms with Crippen LogP contribution < -0.4 is 0 Å². The van der Waals surface area contributed by atoms with Crippen LogP contribution in [-0.4, -0.2) is 0 Å². The summed E-state index contributed by atoms with van der Waals surface area (Å²) >= 11 is 0. The molecule has 0 nitrogen and oxygen atoms in total. The number of hydrogen-bond donors (Lipinski definition) is 0. The Morgan fingerprint density at radius 2 is 1.32 bits per heavy atom. The highest BCUT2D eigenvalue weighted by molar-refractivity contribution is 4.80. The van der Waals surface area contributed by atoms with Crippen LogP contribution >= 0.6 is 0 Å². The number of hydrogen-bond acceptors (Lipinski definition) is 0. The summed E-state index contributed by atoms with van der Waals surface area (Å²) in [6, 6.07) is 0. The fourth-order valence-electron chi connectivity index (χ4n) is 0.915. The van der Waals surface area contributed by atoms with Gasteiger partial charge in [0, 0.05) is 0 Å². The van der Waals surface area contributed by atoms with Crippen molar-refractivity contribution in [3.8, 4) is 0 Å². The smallest absolute Gasteiger partial charge is 0.0293 e. The lowest BCUT2D eigenvalue weighted by Gasteiger charge is -1.90. The van der Waals surface area contributed by atoms with E-state index in [0.717, 1.165) is 0 Å². The maximum absolute atomic E-state index is 3.56.